The molecule has 1 aliphatic heterocycles. The fourth-order valence-electron chi connectivity index (χ4n) is 2.43. The maximum absolute atomic E-state index is 12.0. The highest BCUT2D eigenvalue weighted by Crippen LogP contribution is 2.34. The topological polar surface area (TPSA) is 66.5 Å². The fourth-order valence-corrected chi connectivity index (χ4v) is 2.43. The summed E-state index contributed by atoms with van der Waals surface area (Å²) in [6.07, 6.45) is 5.38. The summed E-state index contributed by atoms with van der Waals surface area (Å²) >= 11 is 0. The molecule has 0 aromatic rings. The Morgan fingerprint density at radius 3 is 2.29 bits per heavy atom. The van der Waals surface area contributed by atoms with Crippen LogP contribution in [0, 0.1) is 11.8 Å². The molecule has 0 bridgehead atoms. The molecule has 1 aliphatic carbocycles. The Bertz CT molecular complexity index is 363. The quantitative estimate of drug-likeness (QED) is 0.557. The van der Waals surface area contributed by atoms with Crippen LogP contribution in [0.2, 0.25) is 0 Å². The van der Waals surface area contributed by atoms with Crippen LogP contribution in [-0.4, -0.2) is 36.2 Å². The van der Waals surface area contributed by atoms with Crippen LogP contribution in [-0.2, 0) is 14.4 Å². The van der Waals surface area contributed by atoms with Crippen LogP contribution in [0.1, 0.15) is 19.3 Å². The summed E-state index contributed by atoms with van der Waals surface area (Å²) in [7, 11) is 1.54. The van der Waals surface area contributed by atoms with Crippen LogP contribution in [0.4, 0.5) is 0 Å². The second-order valence-electron chi connectivity index (χ2n) is 4.41. The number of amides is 3. The van der Waals surface area contributed by atoms with E-state index in [1.165, 1.54) is 4.90 Å². The highest BCUT2D eigenvalue weighted by Gasteiger charge is 2.46. The minimum Gasteiger partial charge on any atom is -0.359 e. The van der Waals surface area contributed by atoms with Crippen molar-refractivity contribution in [3.63, 3.8) is 0 Å². The minimum absolute atomic E-state index is 0.117. The molecule has 0 saturated carbocycles. The van der Waals surface area contributed by atoms with Gasteiger partial charge in [-0.2, -0.15) is 0 Å². The minimum atomic E-state index is -0.197. The normalized spacial score (nSPS) is 27.2. The summed E-state index contributed by atoms with van der Waals surface area (Å²) in [6.45, 7) is 0.199. The third-order valence-electron chi connectivity index (χ3n) is 3.44. The van der Waals surface area contributed by atoms with Crippen molar-refractivity contribution in [2.75, 3.05) is 13.6 Å². The maximum Gasteiger partial charge on any atom is 0.233 e. The zero-order chi connectivity index (χ0) is 12.4. The molecule has 0 radical (unpaired) electrons. The number of nitrogens with zero attached hydrogens (tertiary/aromatic N) is 1. The van der Waals surface area contributed by atoms with Gasteiger partial charge in [0.05, 0.1) is 11.8 Å². The Labute approximate surface area is 99.8 Å². The van der Waals surface area contributed by atoms with Crippen LogP contribution in [0.15, 0.2) is 12.2 Å². The van der Waals surface area contributed by atoms with Crippen LogP contribution in [0.25, 0.3) is 0 Å². The molecule has 0 aromatic heterocycles. The Kier molecular flexibility index (Phi) is 3.26. The molecular weight excluding hydrogens is 220 g/mol. The number of imide groups is 1. The van der Waals surface area contributed by atoms with Gasteiger partial charge in [0.2, 0.25) is 17.7 Å². The number of hydrogen-bond acceptors (Lipinski definition) is 3. The van der Waals surface area contributed by atoms with E-state index in [0.717, 1.165) is 0 Å². The number of carbonyl (C=O) groups is 3. The zero-order valence-corrected chi connectivity index (χ0v) is 9.81. The van der Waals surface area contributed by atoms with Gasteiger partial charge < -0.3 is 5.32 Å². The van der Waals surface area contributed by atoms with Crippen molar-refractivity contribution in [1.82, 2.24) is 10.2 Å². The molecule has 5 nitrogen and oxygen atoms in total. The van der Waals surface area contributed by atoms with Gasteiger partial charge >= 0.3 is 0 Å². The Morgan fingerprint density at radius 2 is 1.82 bits per heavy atom. The third kappa shape index (κ3) is 2.09. The summed E-state index contributed by atoms with van der Waals surface area (Å²) in [5.74, 6) is -0.783. The summed E-state index contributed by atoms with van der Waals surface area (Å²) in [5, 5.41) is 2.48. The van der Waals surface area contributed by atoms with E-state index in [9.17, 15) is 14.4 Å². The van der Waals surface area contributed by atoms with E-state index in [0.29, 0.717) is 12.8 Å². The van der Waals surface area contributed by atoms with E-state index < -0.39 is 0 Å². The summed E-state index contributed by atoms with van der Waals surface area (Å²) in [6, 6.07) is 0. The van der Waals surface area contributed by atoms with E-state index in [1.54, 1.807) is 7.05 Å². The SMILES string of the molecule is CNC(=O)CCN1C(=O)[C@H]2CC=CC[C@@H]2C1=O. The molecule has 2 aliphatic rings. The van der Waals surface area contributed by atoms with Crippen LogP contribution >= 0.6 is 0 Å². The Balaban J connectivity index is 2.02. The third-order valence-corrected chi connectivity index (χ3v) is 3.44. The molecule has 1 fully saturated rings. The van der Waals surface area contributed by atoms with Gasteiger partial charge in [0.15, 0.2) is 0 Å². The van der Waals surface area contributed by atoms with E-state index in [2.05, 4.69) is 5.32 Å². The zero-order valence-electron chi connectivity index (χ0n) is 9.81. The van der Waals surface area contributed by atoms with Gasteiger partial charge in [-0.1, -0.05) is 12.2 Å². The van der Waals surface area contributed by atoms with Crippen molar-refractivity contribution in [2.24, 2.45) is 11.8 Å². The van der Waals surface area contributed by atoms with Crippen LogP contribution in [0.3, 0.4) is 0 Å². The molecule has 17 heavy (non-hydrogen) atoms. The average molecular weight is 236 g/mol. The molecule has 0 unspecified atom stereocenters. The first-order valence-corrected chi connectivity index (χ1v) is 5.86. The molecular formula is C12H16N2O3. The number of likely N-dealkylation sites (tertiary alicyclic amines) is 1. The van der Waals surface area contributed by atoms with Crippen molar-refractivity contribution >= 4 is 17.7 Å². The van der Waals surface area contributed by atoms with Crippen molar-refractivity contribution in [2.45, 2.75) is 19.3 Å². The van der Waals surface area contributed by atoms with Crippen LogP contribution < -0.4 is 5.32 Å². The van der Waals surface area contributed by atoms with Crippen molar-refractivity contribution < 1.29 is 14.4 Å². The summed E-state index contributed by atoms with van der Waals surface area (Å²) in [4.78, 5) is 36.4. The molecule has 1 N–H and O–H groups in total. The lowest BCUT2D eigenvalue weighted by Crippen LogP contribution is -2.34. The Morgan fingerprint density at radius 1 is 1.29 bits per heavy atom. The fraction of sp³-hybridized carbons (Fsp3) is 0.583. The average Bonchev–Trinajstić information content (AvgIpc) is 2.60. The number of nitrogens with one attached hydrogen (secondary N) is 1. The number of hydrogen-bond donors (Lipinski definition) is 1. The number of rotatable bonds is 3. The molecule has 2 rings (SSSR count). The summed E-state index contributed by atoms with van der Waals surface area (Å²) < 4.78 is 0. The molecule has 0 spiro atoms. The monoisotopic (exact) mass is 236 g/mol. The number of allylic oxidation sites excluding steroid dienone is 2. The predicted molar refractivity (Wildman–Crippen MR) is 60.8 cm³/mol. The molecule has 0 aromatic carbocycles. The first kappa shape index (κ1) is 11.8. The van der Waals surface area contributed by atoms with Crippen molar-refractivity contribution in [3.05, 3.63) is 12.2 Å². The molecule has 5 heteroatoms. The van der Waals surface area contributed by atoms with Gasteiger partial charge in [0.1, 0.15) is 0 Å². The first-order valence-electron chi connectivity index (χ1n) is 5.86. The molecule has 92 valence electrons. The van der Waals surface area contributed by atoms with Crippen LogP contribution in [0.5, 0.6) is 0 Å². The molecule has 2 atom stereocenters. The summed E-state index contributed by atoms with van der Waals surface area (Å²) in [5.41, 5.74) is 0. The highest BCUT2D eigenvalue weighted by atomic mass is 16.2. The smallest absolute Gasteiger partial charge is 0.233 e. The lowest BCUT2D eigenvalue weighted by Gasteiger charge is -2.14. The van der Waals surface area contributed by atoms with E-state index in [-0.39, 0.29) is 42.5 Å². The predicted octanol–water partition coefficient (Wildman–Crippen LogP) is 0.0737. The highest BCUT2D eigenvalue weighted by molar-refractivity contribution is 6.05. The number of fused-ring (bicyclic) bond motifs is 1. The largest absolute Gasteiger partial charge is 0.359 e. The number of carbonyl (C=O) groups excluding carboxylic acids is 3. The van der Waals surface area contributed by atoms with Crippen molar-refractivity contribution in [1.29, 1.82) is 0 Å². The maximum atomic E-state index is 12.0. The van der Waals surface area contributed by atoms with Gasteiger partial charge in [-0.25, -0.2) is 0 Å². The lowest BCUT2D eigenvalue weighted by atomic mass is 9.85. The second-order valence-corrected chi connectivity index (χ2v) is 4.41. The van der Waals surface area contributed by atoms with Gasteiger partial charge in [0, 0.05) is 20.0 Å². The van der Waals surface area contributed by atoms with Crippen molar-refractivity contribution in [3.8, 4) is 0 Å². The van der Waals surface area contributed by atoms with E-state index >= 15 is 0 Å². The first-order chi connectivity index (χ1) is 8.15. The van der Waals surface area contributed by atoms with E-state index in [1.807, 2.05) is 12.2 Å². The van der Waals surface area contributed by atoms with Gasteiger partial charge in [-0.3, -0.25) is 19.3 Å². The molecule has 3 amide bonds. The molecule has 1 heterocycles. The lowest BCUT2D eigenvalue weighted by molar-refractivity contribution is -0.140. The Hall–Kier alpha value is -1.65. The van der Waals surface area contributed by atoms with E-state index in [4.69, 9.17) is 0 Å². The van der Waals surface area contributed by atoms with Gasteiger partial charge in [-0.05, 0) is 12.8 Å². The van der Waals surface area contributed by atoms with Gasteiger partial charge in [0.25, 0.3) is 0 Å². The van der Waals surface area contributed by atoms with Gasteiger partial charge in [-0.15, -0.1) is 0 Å². The standard InChI is InChI=1S/C12H16N2O3/c1-13-10(15)6-7-14-11(16)8-4-2-3-5-9(8)12(14)17/h2-3,8-9H,4-7H2,1H3,(H,13,15)/t8-,9-/m0/s1. The second kappa shape index (κ2) is 4.69. The molecule has 1 saturated heterocycles.